The van der Waals surface area contributed by atoms with Crippen molar-refractivity contribution >= 4 is 18.7 Å². The van der Waals surface area contributed by atoms with Crippen LogP contribution in [-0.2, 0) is 15.9 Å². The third-order valence-electron chi connectivity index (χ3n) is 5.40. The summed E-state index contributed by atoms with van der Waals surface area (Å²) in [5.41, 5.74) is 1.16. The van der Waals surface area contributed by atoms with Crippen LogP contribution in [0.15, 0.2) is 18.3 Å². The quantitative estimate of drug-likeness (QED) is 0.828. The van der Waals surface area contributed by atoms with E-state index < -0.39 is 13.2 Å². The summed E-state index contributed by atoms with van der Waals surface area (Å²) in [5, 5.41) is 8.99. The van der Waals surface area contributed by atoms with E-state index in [9.17, 15) is 4.79 Å². The Hall–Kier alpha value is -1.64. The molecular formula is C17H26BN3O4. The Balaban J connectivity index is 1.58. The van der Waals surface area contributed by atoms with Crippen LogP contribution in [0.3, 0.4) is 0 Å². The van der Waals surface area contributed by atoms with Crippen LogP contribution >= 0.6 is 0 Å². The van der Waals surface area contributed by atoms with Crippen molar-refractivity contribution in [1.82, 2.24) is 14.8 Å². The van der Waals surface area contributed by atoms with Crippen LogP contribution in [0.2, 0.25) is 0 Å². The predicted molar refractivity (Wildman–Crippen MR) is 94.8 cm³/mol. The molecular weight excluding hydrogens is 321 g/mol. The maximum absolute atomic E-state index is 10.9. The van der Waals surface area contributed by atoms with Gasteiger partial charge < -0.3 is 19.3 Å². The number of nitrogens with zero attached hydrogens (tertiary/aromatic N) is 3. The van der Waals surface area contributed by atoms with E-state index in [1.165, 1.54) is 4.90 Å². The monoisotopic (exact) mass is 347 g/mol. The Morgan fingerprint density at radius 2 is 1.76 bits per heavy atom. The molecule has 0 saturated carbocycles. The van der Waals surface area contributed by atoms with Crippen LogP contribution in [0.5, 0.6) is 0 Å². The lowest BCUT2D eigenvalue weighted by molar-refractivity contribution is 0.00578. The first-order valence-corrected chi connectivity index (χ1v) is 8.69. The molecule has 0 radical (unpaired) electrons. The van der Waals surface area contributed by atoms with Crippen molar-refractivity contribution in [3.8, 4) is 0 Å². The molecule has 136 valence electrons. The average Bonchev–Trinajstić information content (AvgIpc) is 2.76. The molecule has 0 bridgehead atoms. The summed E-state index contributed by atoms with van der Waals surface area (Å²) in [5.74, 6) is 0. The number of amides is 1. The maximum Gasteiger partial charge on any atom is 0.496 e. The SMILES string of the molecule is CC1(C)OB(c2ccc(CN3CCN(C(=O)O)CC3)nc2)OC1(C)C. The van der Waals surface area contributed by atoms with Gasteiger partial charge in [0, 0.05) is 44.4 Å². The minimum atomic E-state index is -0.843. The Kier molecular flexibility index (Phi) is 4.79. The summed E-state index contributed by atoms with van der Waals surface area (Å²) in [7, 11) is -0.398. The van der Waals surface area contributed by atoms with Gasteiger partial charge in [0.05, 0.1) is 16.9 Å². The standard InChI is InChI=1S/C17H26BN3O4/c1-16(2)17(3,4)25-18(24-16)13-5-6-14(19-11-13)12-20-7-9-21(10-8-20)15(22)23/h5-6,11H,7-10,12H2,1-4H3,(H,22,23). The van der Waals surface area contributed by atoms with Gasteiger partial charge in [-0.2, -0.15) is 0 Å². The number of carboxylic acid groups (broad SMARTS) is 1. The minimum Gasteiger partial charge on any atom is -0.465 e. The molecule has 0 unspecified atom stereocenters. The molecule has 1 N–H and O–H groups in total. The third kappa shape index (κ3) is 3.81. The summed E-state index contributed by atoms with van der Waals surface area (Å²) in [6.07, 6.45) is 0.967. The van der Waals surface area contributed by atoms with Gasteiger partial charge in [0.15, 0.2) is 0 Å². The molecule has 8 heteroatoms. The highest BCUT2D eigenvalue weighted by Crippen LogP contribution is 2.36. The molecule has 3 rings (SSSR count). The van der Waals surface area contributed by atoms with Gasteiger partial charge in [0.1, 0.15) is 0 Å². The summed E-state index contributed by atoms with van der Waals surface area (Å²) < 4.78 is 12.1. The third-order valence-corrected chi connectivity index (χ3v) is 5.40. The van der Waals surface area contributed by atoms with E-state index in [0.29, 0.717) is 13.1 Å². The fourth-order valence-corrected chi connectivity index (χ4v) is 2.97. The first-order valence-electron chi connectivity index (χ1n) is 8.69. The Labute approximate surface area is 149 Å². The normalized spacial score (nSPS) is 23.0. The van der Waals surface area contributed by atoms with Gasteiger partial charge in [-0.3, -0.25) is 9.88 Å². The first kappa shape index (κ1) is 18.2. The second kappa shape index (κ2) is 6.59. The molecule has 1 aromatic heterocycles. The van der Waals surface area contributed by atoms with Gasteiger partial charge in [-0.15, -0.1) is 0 Å². The first-order chi connectivity index (χ1) is 11.7. The van der Waals surface area contributed by atoms with Crippen LogP contribution in [0.1, 0.15) is 33.4 Å². The zero-order valence-corrected chi connectivity index (χ0v) is 15.4. The zero-order chi connectivity index (χ0) is 18.2. The van der Waals surface area contributed by atoms with Crippen molar-refractivity contribution in [2.24, 2.45) is 0 Å². The zero-order valence-electron chi connectivity index (χ0n) is 15.4. The number of hydrogen-bond donors (Lipinski definition) is 1. The highest BCUT2D eigenvalue weighted by atomic mass is 16.7. The molecule has 0 aromatic carbocycles. The predicted octanol–water partition coefficient (Wildman–Crippen LogP) is 1.18. The molecule has 3 heterocycles. The van der Waals surface area contributed by atoms with Gasteiger partial charge in [-0.25, -0.2) is 4.79 Å². The number of pyridine rings is 1. The van der Waals surface area contributed by atoms with E-state index in [4.69, 9.17) is 14.4 Å². The van der Waals surface area contributed by atoms with Gasteiger partial charge in [0.25, 0.3) is 0 Å². The van der Waals surface area contributed by atoms with Gasteiger partial charge in [0.2, 0.25) is 0 Å². The van der Waals surface area contributed by atoms with Crippen molar-refractivity contribution < 1.29 is 19.2 Å². The van der Waals surface area contributed by atoms with Gasteiger partial charge in [-0.05, 0) is 33.8 Å². The fourth-order valence-electron chi connectivity index (χ4n) is 2.97. The number of hydrogen-bond acceptors (Lipinski definition) is 5. The molecule has 1 amide bonds. The second-order valence-electron chi connectivity index (χ2n) is 7.72. The van der Waals surface area contributed by atoms with Gasteiger partial charge >= 0.3 is 13.2 Å². The maximum atomic E-state index is 10.9. The fraction of sp³-hybridized carbons (Fsp3) is 0.647. The number of carbonyl (C=O) groups is 1. The summed E-state index contributed by atoms with van der Waals surface area (Å²) >= 11 is 0. The summed E-state index contributed by atoms with van der Waals surface area (Å²) in [6, 6.07) is 3.99. The average molecular weight is 347 g/mol. The lowest BCUT2D eigenvalue weighted by atomic mass is 9.80. The molecule has 7 nitrogen and oxygen atoms in total. The van der Waals surface area contributed by atoms with E-state index in [0.717, 1.165) is 30.8 Å². The van der Waals surface area contributed by atoms with E-state index in [-0.39, 0.29) is 11.2 Å². The molecule has 25 heavy (non-hydrogen) atoms. The lowest BCUT2D eigenvalue weighted by Crippen LogP contribution is -2.47. The smallest absolute Gasteiger partial charge is 0.465 e. The minimum absolute atomic E-state index is 0.361. The van der Waals surface area contributed by atoms with E-state index in [1.54, 1.807) is 0 Å². The lowest BCUT2D eigenvalue weighted by Gasteiger charge is -2.32. The van der Waals surface area contributed by atoms with Crippen LogP contribution < -0.4 is 5.46 Å². The Morgan fingerprint density at radius 3 is 2.24 bits per heavy atom. The van der Waals surface area contributed by atoms with Crippen molar-refractivity contribution in [2.45, 2.75) is 45.4 Å². The molecule has 2 fully saturated rings. The van der Waals surface area contributed by atoms with Crippen molar-refractivity contribution in [1.29, 1.82) is 0 Å². The molecule has 0 aliphatic carbocycles. The molecule has 2 aliphatic rings. The summed E-state index contributed by atoms with van der Waals surface area (Å²) in [4.78, 5) is 19.1. The highest BCUT2D eigenvalue weighted by Gasteiger charge is 2.51. The van der Waals surface area contributed by atoms with Crippen molar-refractivity contribution in [3.05, 3.63) is 24.0 Å². The number of aromatic nitrogens is 1. The van der Waals surface area contributed by atoms with E-state index >= 15 is 0 Å². The second-order valence-corrected chi connectivity index (χ2v) is 7.72. The molecule has 0 spiro atoms. The van der Waals surface area contributed by atoms with Gasteiger partial charge in [-0.1, -0.05) is 6.07 Å². The number of rotatable bonds is 3. The topological polar surface area (TPSA) is 75.1 Å². The van der Waals surface area contributed by atoms with E-state index in [1.807, 2.05) is 46.0 Å². The Bertz CT molecular complexity index is 611. The highest BCUT2D eigenvalue weighted by molar-refractivity contribution is 6.62. The van der Waals surface area contributed by atoms with Crippen molar-refractivity contribution in [2.75, 3.05) is 26.2 Å². The van der Waals surface area contributed by atoms with Crippen LogP contribution in [0.25, 0.3) is 0 Å². The Morgan fingerprint density at radius 1 is 1.16 bits per heavy atom. The molecule has 1 aromatic rings. The van der Waals surface area contributed by atoms with Crippen LogP contribution in [0, 0.1) is 0 Å². The van der Waals surface area contributed by atoms with Crippen LogP contribution in [-0.4, -0.2) is 70.5 Å². The molecule has 2 saturated heterocycles. The summed E-state index contributed by atoms with van der Waals surface area (Å²) in [6.45, 7) is 11.4. The largest absolute Gasteiger partial charge is 0.496 e. The van der Waals surface area contributed by atoms with E-state index in [2.05, 4.69) is 9.88 Å². The van der Waals surface area contributed by atoms with Crippen LogP contribution in [0.4, 0.5) is 4.79 Å². The molecule has 2 aliphatic heterocycles. The number of piperazine rings is 1. The van der Waals surface area contributed by atoms with Crippen molar-refractivity contribution in [3.63, 3.8) is 0 Å². The molecule has 0 atom stereocenters.